The van der Waals surface area contributed by atoms with Crippen molar-refractivity contribution < 1.29 is 42.3 Å². The first-order valence-corrected chi connectivity index (χ1v) is 6.72. The second-order valence-corrected chi connectivity index (χ2v) is 4.51. The standard InChI is InChI=1S/C14H17N2O2.CH4N.Y/c1-2-13-7-11-5-3-4-6-12(11)9-16(13)14(18)8-15-10-17;1-2;/h3-6,13H,2,7-9H2,1H3,(H,15,17);2H,1H3;/q2*-1;. The SMILES string of the molecule is CCC1Cc2ccccc2CN1C(=O)CN[C-]=O.C[NH-].[Y]. The predicted octanol–water partition coefficient (Wildman–Crippen LogP) is 1.67. The van der Waals surface area contributed by atoms with Crippen LogP contribution in [0.15, 0.2) is 24.3 Å². The van der Waals surface area contributed by atoms with Crippen LogP contribution in [-0.4, -0.2) is 36.9 Å². The Morgan fingerprint density at radius 2 is 2.00 bits per heavy atom. The normalized spacial score (nSPS) is 15.8. The molecule has 1 atom stereocenters. The van der Waals surface area contributed by atoms with Crippen LogP contribution in [-0.2, 0) is 55.3 Å². The maximum absolute atomic E-state index is 12.0. The van der Waals surface area contributed by atoms with E-state index in [2.05, 4.69) is 24.4 Å². The molecule has 0 aromatic heterocycles. The van der Waals surface area contributed by atoms with Crippen LogP contribution in [0.1, 0.15) is 24.5 Å². The van der Waals surface area contributed by atoms with Crippen LogP contribution >= 0.6 is 0 Å². The molecule has 1 radical (unpaired) electrons. The van der Waals surface area contributed by atoms with E-state index in [0.717, 1.165) is 12.8 Å². The molecule has 0 spiro atoms. The van der Waals surface area contributed by atoms with Gasteiger partial charge in [-0.1, -0.05) is 31.2 Å². The Labute approximate surface area is 151 Å². The molecule has 5 nitrogen and oxygen atoms in total. The largest absolute Gasteiger partial charge is 0.680 e. The quantitative estimate of drug-likeness (QED) is 0.652. The molecule has 0 saturated carbocycles. The summed E-state index contributed by atoms with van der Waals surface area (Å²) < 4.78 is 0. The van der Waals surface area contributed by atoms with Gasteiger partial charge < -0.3 is 20.7 Å². The third-order valence-electron chi connectivity index (χ3n) is 3.46. The number of fused-ring (bicyclic) bond motifs is 1. The number of carbonyl (C=O) groups is 1. The van der Waals surface area contributed by atoms with Crippen molar-refractivity contribution in [1.82, 2.24) is 10.2 Å². The van der Waals surface area contributed by atoms with Gasteiger partial charge in [-0.2, -0.15) is 13.5 Å². The van der Waals surface area contributed by atoms with Crippen molar-refractivity contribution in [2.24, 2.45) is 0 Å². The van der Waals surface area contributed by atoms with E-state index in [9.17, 15) is 9.59 Å². The molecule has 0 aliphatic carbocycles. The van der Waals surface area contributed by atoms with Crippen LogP contribution in [0.25, 0.3) is 5.73 Å². The number of hydrogen-bond acceptors (Lipinski definition) is 2. The van der Waals surface area contributed by atoms with Crippen molar-refractivity contribution in [3.63, 3.8) is 0 Å². The summed E-state index contributed by atoms with van der Waals surface area (Å²) in [6, 6.07) is 8.43. The Morgan fingerprint density at radius 3 is 2.57 bits per heavy atom. The van der Waals surface area contributed by atoms with Gasteiger partial charge in [-0.3, -0.25) is 4.79 Å². The average Bonchev–Trinajstić information content (AvgIpc) is 2.53. The number of amides is 2. The smallest absolute Gasteiger partial charge is 0.239 e. The van der Waals surface area contributed by atoms with Crippen molar-refractivity contribution in [1.29, 1.82) is 0 Å². The summed E-state index contributed by atoms with van der Waals surface area (Å²) in [4.78, 5) is 24.0. The van der Waals surface area contributed by atoms with E-state index in [-0.39, 0.29) is 51.2 Å². The summed E-state index contributed by atoms with van der Waals surface area (Å²) >= 11 is 0. The zero-order valence-corrected chi connectivity index (χ0v) is 15.4. The Kier molecular flexibility index (Phi) is 10.5. The molecule has 0 bridgehead atoms. The molecule has 2 amide bonds. The average molecular weight is 364 g/mol. The summed E-state index contributed by atoms with van der Waals surface area (Å²) in [5.41, 5.74) is 8.27. The number of nitrogens with zero attached hydrogens (tertiary/aromatic N) is 1. The van der Waals surface area contributed by atoms with E-state index in [1.807, 2.05) is 17.0 Å². The van der Waals surface area contributed by atoms with E-state index in [0.29, 0.717) is 6.54 Å². The van der Waals surface area contributed by atoms with Gasteiger partial charge in [0.2, 0.25) is 5.91 Å². The minimum atomic E-state index is -0.0419. The van der Waals surface area contributed by atoms with Crippen molar-refractivity contribution in [2.75, 3.05) is 13.6 Å². The summed E-state index contributed by atoms with van der Waals surface area (Å²) in [6.45, 7) is 2.74. The molecule has 21 heavy (non-hydrogen) atoms. The van der Waals surface area contributed by atoms with E-state index < -0.39 is 0 Å². The molecule has 2 rings (SSSR count). The number of hydrogen-bond donors (Lipinski definition) is 1. The molecule has 0 saturated heterocycles. The molecule has 0 fully saturated rings. The predicted molar refractivity (Wildman–Crippen MR) is 78.7 cm³/mol. The van der Waals surface area contributed by atoms with Crippen molar-refractivity contribution in [3.8, 4) is 0 Å². The molecule has 1 aliphatic heterocycles. The van der Waals surface area contributed by atoms with Crippen molar-refractivity contribution in [2.45, 2.75) is 32.4 Å². The molecule has 1 aromatic carbocycles. The molecule has 6 heteroatoms. The summed E-state index contributed by atoms with van der Waals surface area (Å²) in [5, 5.41) is 2.32. The maximum Gasteiger partial charge on any atom is 0.239 e. The van der Waals surface area contributed by atoms with Crippen molar-refractivity contribution in [3.05, 3.63) is 41.1 Å². The van der Waals surface area contributed by atoms with E-state index in [1.165, 1.54) is 18.2 Å². The van der Waals surface area contributed by atoms with Crippen molar-refractivity contribution >= 4 is 12.3 Å². The second kappa shape index (κ2) is 10.9. The fourth-order valence-corrected chi connectivity index (χ4v) is 2.46. The fraction of sp³-hybridized carbons (Fsp3) is 0.467. The van der Waals surface area contributed by atoms with Gasteiger partial charge in [0, 0.05) is 45.3 Å². The van der Waals surface area contributed by atoms with Gasteiger partial charge in [0.05, 0.1) is 6.54 Å². The molecule has 113 valence electrons. The van der Waals surface area contributed by atoms with Gasteiger partial charge in [-0.25, -0.2) is 0 Å². The molecular weight excluding hydrogens is 343 g/mol. The van der Waals surface area contributed by atoms with Crippen LogP contribution in [0.4, 0.5) is 0 Å². The summed E-state index contributed by atoms with van der Waals surface area (Å²) in [7, 11) is 1.25. The minimum absolute atomic E-state index is 0. The Balaban J connectivity index is 0.00000128. The first kappa shape index (κ1) is 20.2. The number of carbonyl (C=O) groups excluding carboxylic acids is 2. The molecule has 2 N–H and O–H groups in total. The second-order valence-electron chi connectivity index (χ2n) is 4.51. The topological polar surface area (TPSA) is 73.2 Å². The van der Waals surface area contributed by atoms with Gasteiger partial charge >= 0.3 is 0 Å². The first-order chi connectivity index (χ1) is 9.76. The van der Waals surface area contributed by atoms with Gasteiger partial charge in [0.1, 0.15) is 0 Å². The van der Waals surface area contributed by atoms with E-state index in [1.54, 1.807) is 6.41 Å². The van der Waals surface area contributed by atoms with Crippen LogP contribution in [0.3, 0.4) is 0 Å². The van der Waals surface area contributed by atoms with E-state index in [4.69, 9.17) is 5.73 Å². The van der Waals surface area contributed by atoms with Gasteiger partial charge in [0.15, 0.2) is 0 Å². The third kappa shape index (κ3) is 5.49. The monoisotopic (exact) mass is 364 g/mol. The maximum atomic E-state index is 12.0. The first-order valence-electron chi connectivity index (χ1n) is 6.72. The van der Waals surface area contributed by atoms with E-state index >= 15 is 0 Å². The zero-order chi connectivity index (χ0) is 15.0. The Morgan fingerprint density at radius 1 is 1.38 bits per heavy atom. The van der Waals surface area contributed by atoms with Crippen LogP contribution in [0.2, 0.25) is 0 Å². The zero-order valence-electron chi connectivity index (χ0n) is 12.6. The molecule has 1 heterocycles. The minimum Gasteiger partial charge on any atom is -0.680 e. The molecule has 1 aromatic rings. The van der Waals surface area contributed by atoms with Gasteiger partial charge in [-0.05, 0) is 24.0 Å². The van der Waals surface area contributed by atoms with Gasteiger partial charge in [0.25, 0.3) is 0 Å². The number of benzene rings is 1. The number of nitrogens with one attached hydrogen (secondary N) is 2. The third-order valence-corrected chi connectivity index (χ3v) is 3.46. The molecular formula is C15H21N3O2Y-2. The molecule has 1 aliphatic rings. The number of rotatable bonds is 4. The summed E-state index contributed by atoms with van der Waals surface area (Å²) in [6.07, 6.45) is 3.36. The molecule has 1 unspecified atom stereocenters. The van der Waals surface area contributed by atoms with Crippen LogP contribution < -0.4 is 5.32 Å². The van der Waals surface area contributed by atoms with Crippen LogP contribution in [0.5, 0.6) is 0 Å². The summed E-state index contributed by atoms with van der Waals surface area (Å²) in [5.74, 6) is -0.0419. The van der Waals surface area contributed by atoms with Crippen LogP contribution in [0, 0.1) is 0 Å². The van der Waals surface area contributed by atoms with Gasteiger partial charge in [-0.15, -0.1) is 0 Å². The Hall–Kier alpha value is -0.776. The Bertz CT molecular complexity index is 454. The fourth-order valence-electron chi connectivity index (χ4n) is 2.46.